The molecule has 3 unspecified atom stereocenters. The molecule has 22 heavy (non-hydrogen) atoms. The Balaban J connectivity index is 1.65. The average molecular weight is 322 g/mol. The summed E-state index contributed by atoms with van der Waals surface area (Å²) in [4.78, 5) is 36.1. The molecule has 2 heterocycles. The van der Waals surface area contributed by atoms with Crippen molar-refractivity contribution < 1.29 is 23.7 Å². The maximum Gasteiger partial charge on any atom is 0.327 e. The van der Waals surface area contributed by atoms with E-state index in [-0.39, 0.29) is 18.1 Å². The number of aliphatic carboxylic acids is 1. The number of nitrogens with one attached hydrogen (secondary N) is 1. The summed E-state index contributed by atoms with van der Waals surface area (Å²) in [5.74, 6) is -2.08. The number of amides is 2. The molecule has 0 saturated carbocycles. The SMILES string of the molecule is O=C(Cc1ccccc1)NC1C(=O)N2C(C(=O)O)CS(=O)[C@@H]12. The molecule has 8 heteroatoms. The second-order valence-corrected chi connectivity index (χ2v) is 6.82. The van der Waals surface area contributed by atoms with Gasteiger partial charge in [-0.1, -0.05) is 30.3 Å². The molecule has 0 aliphatic carbocycles. The Morgan fingerprint density at radius 2 is 2.00 bits per heavy atom. The van der Waals surface area contributed by atoms with Gasteiger partial charge in [-0.05, 0) is 5.56 Å². The van der Waals surface area contributed by atoms with E-state index in [1.807, 2.05) is 18.2 Å². The van der Waals surface area contributed by atoms with Crippen LogP contribution in [0, 0.1) is 0 Å². The van der Waals surface area contributed by atoms with Crippen molar-refractivity contribution in [1.29, 1.82) is 0 Å². The van der Waals surface area contributed by atoms with E-state index in [9.17, 15) is 18.6 Å². The molecule has 3 rings (SSSR count). The molecule has 4 atom stereocenters. The summed E-state index contributed by atoms with van der Waals surface area (Å²) in [7, 11) is -1.47. The molecule has 1 aromatic rings. The number of carboxylic acid groups (broad SMARTS) is 1. The highest BCUT2D eigenvalue weighted by molar-refractivity contribution is 7.86. The summed E-state index contributed by atoms with van der Waals surface area (Å²) in [6, 6.07) is 7.10. The number of hydrogen-bond donors (Lipinski definition) is 2. The lowest BCUT2D eigenvalue weighted by atomic mass is 10.0. The Bertz CT molecular complexity index is 662. The zero-order chi connectivity index (χ0) is 15.9. The van der Waals surface area contributed by atoms with E-state index in [1.54, 1.807) is 12.1 Å². The number of β-lactam (4-membered cyclic amide) rings is 1. The number of fused-ring (bicyclic) bond motifs is 1. The van der Waals surface area contributed by atoms with E-state index in [0.29, 0.717) is 0 Å². The van der Waals surface area contributed by atoms with Gasteiger partial charge in [0.25, 0.3) is 0 Å². The van der Waals surface area contributed by atoms with Crippen molar-refractivity contribution in [2.75, 3.05) is 5.75 Å². The highest BCUT2D eigenvalue weighted by atomic mass is 32.2. The summed E-state index contributed by atoms with van der Waals surface area (Å²) in [6.45, 7) is 0. The first kappa shape index (κ1) is 14.7. The molecular weight excluding hydrogens is 308 g/mol. The second kappa shape index (κ2) is 5.53. The van der Waals surface area contributed by atoms with Crippen LogP contribution in [0.2, 0.25) is 0 Å². The number of carboxylic acids is 1. The van der Waals surface area contributed by atoms with E-state index in [2.05, 4.69) is 5.32 Å². The molecule has 2 N–H and O–H groups in total. The summed E-state index contributed by atoms with van der Waals surface area (Å²) < 4.78 is 11.9. The van der Waals surface area contributed by atoms with Crippen LogP contribution in [-0.4, -0.2) is 55.2 Å². The van der Waals surface area contributed by atoms with Crippen molar-refractivity contribution >= 4 is 28.6 Å². The van der Waals surface area contributed by atoms with Gasteiger partial charge in [0.2, 0.25) is 11.8 Å². The Kier molecular flexibility index (Phi) is 3.69. The van der Waals surface area contributed by atoms with Crippen molar-refractivity contribution in [1.82, 2.24) is 10.2 Å². The van der Waals surface area contributed by atoms with E-state index in [0.717, 1.165) is 10.5 Å². The Morgan fingerprint density at radius 3 is 2.64 bits per heavy atom. The molecule has 2 saturated heterocycles. The van der Waals surface area contributed by atoms with Gasteiger partial charge >= 0.3 is 5.97 Å². The molecule has 2 aliphatic rings. The smallest absolute Gasteiger partial charge is 0.327 e. The third-order valence-corrected chi connectivity index (χ3v) is 5.50. The number of rotatable bonds is 4. The fourth-order valence-corrected chi connectivity index (χ4v) is 4.56. The van der Waals surface area contributed by atoms with Crippen LogP contribution in [0.5, 0.6) is 0 Å². The quantitative estimate of drug-likeness (QED) is 0.699. The number of carbonyl (C=O) groups is 3. The van der Waals surface area contributed by atoms with Gasteiger partial charge in [0, 0.05) is 10.8 Å². The lowest BCUT2D eigenvalue weighted by Crippen LogP contribution is -2.71. The van der Waals surface area contributed by atoms with Crippen molar-refractivity contribution in [2.45, 2.75) is 23.9 Å². The van der Waals surface area contributed by atoms with Crippen LogP contribution < -0.4 is 5.32 Å². The van der Waals surface area contributed by atoms with Crippen LogP contribution in [0.4, 0.5) is 0 Å². The topological polar surface area (TPSA) is 104 Å². The van der Waals surface area contributed by atoms with E-state index >= 15 is 0 Å². The normalized spacial score (nSPS) is 29.6. The van der Waals surface area contributed by atoms with Gasteiger partial charge in [-0.15, -0.1) is 0 Å². The van der Waals surface area contributed by atoms with Gasteiger partial charge in [0.15, 0.2) is 0 Å². The van der Waals surface area contributed by atoms with Crippen molar-refractivity contribution in [2.24, 2.45) is 0 Å². The summed E-state index contributed by atoms with van der Waals surface area (Å²) in [5.41, 5.74) is 0.805. The lowest BCUT2D eigenvalue weighted by molar-refractivity contribution is -0.159. The lowest BCUT2D eigenvalue weighted by Gasteiger charge is -2.42. The zero-order valence-corrected chi connectivity index (χ0v) is 12.3. The third-order valence-electron chi connectivity index (χ3n) is 3.82. The van der Waals surface area contributed by atoms with Crippen LogP contribution in [0.15, 0.2) is 30.3 Å². The van der Waals surface area contributed by atoms with E-state index < -0.39 is 40.1 Å². The fraction of sp³-hybridized carbons (Fsp3) is 0.357. The van der Waals surface area contributed by atoms with Crippen molar-refractivity contribution in [3.05, 3.63) is 35.9 Å². The first-order valence-electron chi connectivity index (χ1n) is 6.74. The number of nitrogens with zero attached hydrogens (tertiary/aromatic N) is 1. The number of carbonyl (C=O) groups excluding carboxylic acids is 2. The van der Waals surface area contributed by atoms with Gasteiger partial charge in [-0.25, -0.2) is 4.79 Å². The molecule has 116 valence electrons. The van der Waals surface area contributed by atoms with Gasteiger partial charge in [-0.2, -0.15) is 0 Å². The van der Waals surface area contributed by atoms with Crippen LogP contribution >= 0.6 is 0 Å². The highest BCUT2D eigenvalue weighted by Gasteiger charge is 2.60. The van der Waals surface area contributed by atoms with Crippen molar-refractivity contribution in [3.8, 4) is 0 Å². The predicted octanol–water partition coefficient (Wildman–Crippen LogP) is -0.902. The van der Waals surface area contributed by atoms with E-state index in [4.69, 9.17) is 5.11 Å². The Labute approximate surface area is 128 Å². The van der Waals surface area contributed by atoms with Gasteiger partial charge < -0.3 is 15.3 Å². The predicted molar refractivity (Wildman–Crippen MR) is 77.1 cm³/mol. The van der Waals surface area contributed by atoms with Crippen molar-refractivity contribution in [3.63, 3.8) is 0 Å². The molecule has 1 aromatic carbocycles. The maximum atomic E-state index is 12.0. The van der Waals surface area contributed by atoms with Crippen LogP contribution in [0.1, 0.15) is 5.56 Å². The molecule has 2 amide bonds. The Morgan fingerprint density at radius 1 is 1.32 bits per heavy atom. The molecule has 0 spiro atoms. The minimum atomic E-state index is -1.47. The first-order chi connectivity index (χ1) is 10.5. The standard InChI is InChI=1S/C14H14N2O5S/c17-10(6-8-4-2-1-3-5-8)15-11-12(18)16-9(14(19)20)7-22(21)13(11)16/h1-5,9,11,13H,6-7H2,(H,15,17)(H,19,20)/t9?,11?,13-,22?/m0/s1. The van der Waals surface area contributed by atoms with Crippen LogP contribution in [-0.2, 0) is 31.6 Å². The van der Waals surface area contributed by atoms with Gasteiger partial charge in [0.05, 0.1) is 12.2 Å². The third kappa shape index (κ3) is 2.39. The maximum absolute atomic E-state index is 12.0. The molecule has 0 radical (unpaired) electrons. The first-order valence-corrected chi connectivity index (χ1v) is 8.12. The monoisotopic (exact) mass is 322 g/mol. The molecular formula is C14H14N2O5S. The van der Waals surface area contributed by atoms with Gasteiger partial charge in [0.1, 0.15) is 17.5 Å². The van der Waals surface area contributed by atoms with E-state index in [1.165, 1.54) is 0 Å². The highest BCUT2D eigenvalue weighted by Crippen LogP contribution is 2.33. The van der Waals surface area contributed by atoms with Gasteiger partial charge in [-0.3, -0.25) is 13.8 Å². The number of hydrogen-bond acceptors (Lipinski definition) is 4. The minimum absolute atomic E-state index is 0.0865. The zero-order valence-electron chi connectivity index (χ0n) is 11.5. The molecule has 0 bridgehead atoms. The molecule has 2 aliphatic heterocycles. The fourth-order valence-electron chi connectivity index (χ4n) is 2.76. The summed E-state index contributed by atoms with van der Waals surface area (Å²) in [5, 5.41) is 10.8. The Hall–Kier alpha value is -2.22. The summed E-state index contributed by atoms with van der Waals surface area (Å²) in [6.07, 6.45) is 0.117. The van der Waals surface area contributed by atoms with Crippen LogP contribution in [0.25, 0.3) is 0 Å². The number of benzene rings is 1. The second-order valence-electron chi connectivity index (χ2n) is 5.25. The average Bonchev–Trinajstić information content (AvgIpc) is 2.80. The molecule has 7 nitrogen and oxygen atoms in total. The largest absolute Gasteiger partial charge is 0.480 e. The molecule has 0 aromatic heterocycles. The minimum Gasteiger partial charge on any atom is -0.480 e. The summed E-state index contributed by atoms with van der Waals surface area (Å²) >= 11 is 0. The molecule has 2 fully saturated rings. The van der Waals surface area contributed by atoms with Crippen LogP contribution in [0.3, 0.4) is 0 Å².